The number of nitrogens with zero attached hydrogens (tertiary/aromatic N) is 1. The van der Waals surface area contributed by atoms with Crippen LogP contribution in [0.25, 0.3) is 0 Å². The number of aromatic hydroxyl groups is 1. The Balaban J connectivity index is 2.70. The number of hydroxylamine groups is 1. The second-order valence-corrected chi connectivity index (χ2v) is 2.40. The predicted molar refractivity (Wildman–Crippen MR) is 45.1 cm³/mol. The van der Waals surface area contributed by atoms with E-state index in [0.29, 0.717) is 0 Å². The molecule has 0 atom stereocenters. The van der Waals surface area contributed by atoms with Crippen molar-refractivity contribution >= 4 is 11.9 Å². The van der Waals surface area contributed by atoms with E-state index in [2.05, 4.69) is 9.82 Å². The topological polar surface area (TPSA) is 88.5 Å². The Morgan fingerprint density at radius 2 is 2.29 bits per heavy atom. The summed E-state index contributed by atoms with van der Waals surface area (Å²) >= 11 is 0. The van der Waals surface area contributed by atoms with Crippen molar-refractivity contribution in [3.8, 4) is 5.75 Å². The van der Waals surface area contributed by atoms with Crippen LogP contribution in [0.2, 0.25) is 0 Å². The van der Waals surface area contributed by atoms with E-state index in [1.54, 1.807) is 0 Å². The molecule has 1 aromatic heterocycles. The minimum atomic E-state index is -0.779. The fourth-order valence-corrected chi connectivity index (χ4v) is 0.738. The van der Waals surface area contributed by atoms with Gasteiger partial charge >= 0.3 is 11.9 Å². The molecule has 1 amide bonds. The highest BCUT2D eigenvalue weighted by Gasteiger charge is 2.12. The SMILES string of the molecule is CC(=O)ONC(=O)c1ncccc1O. The second-order valence-electron chi connectivity index (χ2n) is 2.40. The van der Waals surface area contributed by atoms with Crippen molar-refractivity contribution in [2.45, 2.75) is 6.92 Å². The summed E-state index contributed by atoms with van der Waals surface area (Å²) in [4.78, 5) is 29.3. The van der Waals surface area contributed by atoms with E-state index >= 15 is 0 Å². The highest BCUT2D eigenvalue weighted by molar-refractivity contribution is 5.94. The number of carbonyl (C=O) groups is 2. The molecular formula is C8H8N2O4. The summed E-state index contributed by atoms with van der Waals surface area (Å²) in [5.41, 5.74) is 1.63. The van der Waals surface area contributed by atoms with Gasteiger partial charge in [-0.15, -0.1) is 0 Å². The van der Waals surface area contributed by atoms with Gasteiger partial charge in [0.25, 0.3) is 0 Å². The van der Waals surface area contributed by atoms with Gasteiger partial charge in [-0.2, -0.15) is 5.48 Å². The van der Waals surface area contributed by atoms with E-state index in [4.69, 9.17) is 0 Å². The van der Waals surface area contributed by atoms with Crippen LogP contribution in [0.15, 0.2) is 18.3 Å². The van der Waals surface area contributed by atoms with Crippen LogP contribution in [-0.2, 0) is 9.63 Å². The van der Waals surface area contributed by atoms with Gasteiger partial charge in [0.15, 0.2) is 5.69 Å². The molecule has 2 N–H and O–H groups in total. The number of amides is 1. The summed E-state index contributed by atoms with van der Waals surface area (Å²) in [5.74, 6) is -1.72. The highest BCUT2D eigenvalue weighted by atomic mass is 16.7. The molecule has 0 bridgehead atoms. The third-order valence-corrected chi connectivity index (χ3v) is 1.29. The Hall–Kier alpha value is -2.11. The van der Waals surface area contributed by atoms with Crippen LogP contribution in [-0.4, -0.2) is 22.0 Å². The number of aromatic nitrogens is 1. The van der Waals surface area contributed by atoms with Gasteiger partial charge in [0.1, 0.15) is 5.75 Å². The lowest BCUT2D eigenvalue weighted by Crippen LogP contribution is -2.26. The predicted octanol–water partition coefficient (Wildman–Crippen LogP) is -0.00490. The quantitative estimate of drug-likeness (QED) is 0.617. The molecule has 0 spiro atoms. The van der Waals surface area contributed by atoms with Crippen molar-refractivity contribution in [2.75, 3.05) is 0 Å². The monoisotopic (exact) mass is 196 g/mol. The first-order valence-electron chi connectivity index (χ1n) is 3.73. The lowest BCUT2D eigenvalue weighted by atomic mass is 10.3. The van der Waals surface area contributed by atoms with Gasteiger partial charge in [-0.3, -0.25) is 9.59 Å². The molecule has 0 unspecified atom stereocenters. The van der Waals surface area contributed by atoms with Crippen molar-refractivity contribution in [1.29, 1.82) is 0 Å². The largest absolute Gasteiger partial charge is 0.505 e. The minimum absolute atomic E-state index is 0.200. The second kappa shape index (κ2) is 4.22. The average molecular weight is 196 g/mol. The van der Waals surface area contributed by atoms with E-state index in [1.165, 1.54) is 18.3 Å². The van der Waals surface area contributed by atoms with Crippen LogP contribution < -0.4 is 5.48 Å². The van der Waals surface area contributed by atoms with Crippen LogP contribution >= 0.6 is 0 Å². The van der Waals surface area contributed by atoms with E-state index in [-0.39, 0.29) is 11.4 Å². The molecule has 0 aliphatic rings. The molecule has 1 rings (SSSR count). The molecule has 0 radical (unpaired) electrons. The van der Waals surface area contributed by atoms with Crippen molar-refractivity contribution in [3.63, 3.8) is 0 Å². The van der Waals surface area contributed by atoms with Gasteiger partial charge < -0.3 is 9.94 Å². The number of hydrogen-bond acceptors (Lipinski definition) is 5. The Bertz CT molecular complexity index is 364. The third-order valence-electron chi connectivity index (χ3n) is 1.29. The molecule has 6 nitrogen and oxygen atoms in total. The number of nitrogens with one attached hydrogen (secondary N) is 1. The number of rotatable bonds is 1. The summed E-state index contributed by atoms with van der Waals surface area (Å²) in [7, 11) is 0. The van der Waals surface area contributed by atoms with Crippen molar-refractivity contribution in [2.24, 2.45) is 0 Å². The third kappa shape index (κ3) is 2.44. The zero-order valence-electron chi connectivity index (χ0n) is 7.35. The molecule has 74 valence electrons. The van der Waals surface area contributed by atoms with Crippen LogP contribution in [0.5, 0.6) is 5.75 Å². The van der Waals surface area contributed by atoms with Crippen LogP contribution in [0.1, 0.15) is 17.4 Å². The maximum Gasteiger partial charge on any atom is 0.329 e. The fourth-order valence-electron chi connectivity index (χ4n) is 0.738. The summed E-state index contributed by atoms with van der Waals surface area (Å²) in [6, 6.07) is 2.77. The van der Waals surface area contributed by atoms with Crippen molar-refractivity contribution < 1.29 is 19.5 Å². The molecule has 1 heterocycles. The van der Waals surface area contributed by atoms with Gasteiger partial charge in [-0.05, 0) is 12.1 Å². The maximum atomic E-state index is 11.2. The molecule has 6 heteroatoms. The molecule has 0 saturated carbocycles. The smallest absolute Gasteiger partial charge is 0.329 e. The standard InChI is InChI=1S/C8H8N2O4/c1-5(11)14-10-8(13)7-6(12)3-2-4-9-7/h2-4,12H,1H3,(H,10,13). The number of pyridine rings is 1. The molecule has 0 aromatic carbocycles. The molecule has 1 aromatic rings. The first-order valence-corrected chi connectivity index (χ1v) is 3.73. The maximum absolute atomic E-state index is 11.2. The average Bonchev–Trinajstić information content (AvgIpc) is 2.15. The molecular weight excluding hydrogens is 188 g/mol. The first kappa shape index (κ1) is 9.97. The first-order chi connectivity index (χ1) is 6.61. The minimum Gasteiger partial charge on any atom is -0.505 e. The normalized spacial score (nSPS) is 9.21. The van der Waals surface area contributed by atoms with Crippen LogP contribution in [0.4, 0.5) is 0 Å². The Kier molecular flexibility index (Phi) is 3.01. The fraction of sp³-hybridized carbons (Fsp3) is 0.125. The van der Waals surface area contributed by atoms with Crippen LogP contribution in [0.3, 0.4) is 0 Å². The molecule has 0 aliphatic carbocycles. The molecule has 14 heavy (non-hydrogen) atoms. The number of hydrogen-bond donors (Lipinski definition) is 2. The summed E-state index contributed by atoms with van der Waals surface area (Å²) in [5, 5.41) is 9.18. The highest BCUT2D eigenvalue weighted by Crippen LogP contribution is 2.11. The lowest BCUT2D eigenvalue weighted by Gasteiger charge is -2.03. The Morgan fingerprint density at radius 3 is 2.86 bits per heavy atom. The van der Waals surface area contributed by atoms with E-state index < -0.39 is 11.9 Å². The van der Waals surface area contributed by atoms with E-state index in [0.717, 1.165) is 6.92 Å². The number of carbonyl (C=O) groups excluding carboxylic acids is 2. The van der Waals surface area contributed by atoms with Gasteiger partial charge in [0.05, 0.1) is 0 Å². The van der Waals surface area contributed by atoms with Gasteiger partial charge in [0.2, 0.25) is 0 Å². The molecule has 0 aliphatic heterocycles. The van der Waals surface area contributed by atoms with E-state index in [1.807, 2.05) is 5.48 Å². The summed E-state index contributed by atoms with van der Waals surface area (Å²) in [6.07, 6.45) is 1.34. The zero-order valence-corrected chi connectivity index (χ0v) is 7.35. The van der Waals surface area contributed by atoms with Gasteiger partial charge in [0, 0.05) is 13.1 Å². The van der Waals surface area contributed by atoms with Gasteiger partial charge in [-0.1, -0.05) is 0 Å². The van der Waals surface area contributed by atoms with Crippen LogP contribution in [0, 0.1) is 0 Å². The van der Waals surface area contributed by atoms with Crippen molar-refractivity contribution in [3.05, 3.63) is 24.0 Å². The summed E-state index contributed by atoms with van der Waals surface area (Å²) in [6.45, 7) is 1.14. The Morgan fingerprint density at radius 1 is 1.57 bits per heavy atom. The molecule has 0 saturated heterocycles. The van der Waals surface area contributed by atoms with Gasteiger partial charge in [-0.25, -0.2) is 4.98 Å². The van der Waals surface area contributed by atoms with E-state index in [9.17, 15) is 14.7 Å². The molecule has 0 fully saturated rings. The Labute approximate surface area is 79.5 Å². The zero-order chi connectivity index (χ0) is 10.6. The lowest BCUT2D eigenvalue weighted by molar-refractivity contribution is -0.146. The summed E-state index contributed by atoms with van der Waals surface area (Å²) < 4.78 is 0. The van der Waals surface area contributed by atoms with Crippen molar-refractivity contribution in [1.82, 2.24) is 10.5 Å².